The van der Waals surface area contributed by atoms with Crippen LogP contribution in [0.15, 0.2) is 18.3 Å². The molecule has 27 heavy (non-hydrogen) atoms. The number of nitrogens with one attached hydrogen (secondary N) is 1. The fourth-order valence-electron chi connectivity index (χ4n) is 3.36. The minimum Gasteiger partial charge on any atom is -0.456 e. The average Bonchev–Trinajstić information content (AvgIpc) is 2.72. The third-order valence-electron chi connectivity index (χ3n) is 4.63. The van der Waals surface area contributed by atoms with Crippen LogP contribution in [-0.4, -0.2) is 54.7 Å². The van der Waals surface area contributed by atoms with Crippen molar-refractivity contribution >= 4 is 23.6 Å². The molecule has 1 aromatic rings. The summed E-state index contributed by atoms with van der Waals surface area (Å²) in [5.74, 6) is -0.453. The summed E-state index contributed by atoms with van der Waals surface area (Å²) < 4.78 is 10.8. The van der Waals surface area contributed by atoms with Gasteiger partial charge < -0.3 is 14.4 Å². The summed E-state index contributed by atoms with van der Waals surface area (Å²) >= 11 is 0. The number of ether oxygens (including phenoxy) is 2. The topological polar surface area (TPSA) is 97.8 Å². The van der Waals surface area contributed by atoms with Crippen LogP contribution in [0.5, 0.6) is 0 Å². The molecule has 0 aliphatic carbocycles. The van der Waals surface area contributed by atoms with E-state index in [1.54, 1.807) is 12.1 Å². The fourth-order valence-corrected chi connectivity index (χ4v) is 3.36. The predicted molar refractivity (Wildman–Crippen MR) is 97.3 cm³/mol. The lowest BCUT2D eigenvalue weighted by molar-refractivity contribution is -0.135. The van der Waals surface area contributed by atoms with E-state index in [-0.39, 0.29) is 19.1 Å². The van der Waals surface area contributed by atoms with Crippen molar-refractivity contribution in [2.24, 2.45) is 5.41 Å². The normalized spacial score (nSPS) is 23.7. The second kappa shape index (κ2) is 7.26. The van der Waals surface area contributed by atoms with E-state index in [2.05, 4.69) is 10.3 Å². The second-order valence-corrected chi connectivity index (χ2v) is 8.08. The molecule has 3 rings (SSSR count). The zero-order valence-corrected chi connectivity index (χ0v) is 15.9. The van der Waals surface area contributed by atoms with Gasteiger partial charge in [0.05, 0.1) is 17.6 Å². The van der Waals surface area contributed by atoms with Crippen molar-refractivity contribution in [3.05, 3.63) is 23.9 Å². The zero-order chi connectivity index (χ0) is 19.7. The van der Waals surface area contributed by atoms with Gasteiger partial charge in [-0.1, -0.05) is 0 Å². The van der Waals surface area contributed by atoms with Gasteiger partial charge in [-0.05, 0) is 45.7 Å². The lowest BCUT2D eigenvalue weighted by Crippen LogP contribution is -2.54. The Hall–Kier alpha value is -2.48. The molecule has 0 saturated carbocycles. The van der Waals surface area contributed by atoms with Crippen molar-refractivity contribution in [3.8, 4) is 0 Å². The number of pyridine rings is 1. The van der Waals surface area contributed by atoms with E-state index in [4.69, 9.17) is 9.47 Å². The molecule has 1 spiro atoms. The number of hydrogen-bond acceptors (Lipinski definition) is 7. The molecular weight excluding hydrogens is 350 g/mol. The molecule has 8 heteroatoms. The molecule has 1 unspecified atom stereocenters. The number of carbonyl (C=O) groups excluding carboxylic acids is 3. The van der Waals surface area contributed by atoms with Crippen LogP contribution in [0.4, 0.5) is 5.82 Å². The molecule has 0 bridgehead atoms. The number of amides is 2. The molecule has 1 N–H and O–H groups in total. The zero-order valence-electron chi connectivity index (χ0n) is 15.9. The van der Waals surface area contributed by atoms with Gasteiger partial charge in [0.25, 0.3) is 5.91 Å². The monoisotopic (exact) mass is 375 g/mol. The number of hydrogen-bond donors (Lipinski definition) is 1. The number of anilines is 1. The highest BCUT2D eigenvalue weighted by Crippen LogP contribution is 2.33. The maximum atomic E-state index is 12.5. The molecule has 0 radical (unpaired) electrons. The second-order valence-electron chi connectivity index (χ2n) is 8.08. The lowest BCUT2D eigenvalue weighted by Gasteiger charge is -2.40. The molecule has 1 atom stereocenters. The molecule has 0 aromatic carbocycles. The first-order valence-corrected chi connectivity index (χ1v) is 9.05. The van der Waals surface area contributed by atoms with Gasteiger partial charge in [0.1, 0.15) is 18.0 Å². The smallest absolute Gasteiger partial charge is 0.340 e. The number of carbonyl (C=O) groups is 3. The third kappa shape index (κ3) is 4.44. The SMILES string of the molecule is CC(C)(C)OC(=O)c1ccc(N2CCCC3(COCC(=O)NC3=O)C2)nc1. The van der Waals surface area contributed by atoms with Gasteiger partial charge in [0.2, 0.25) is 5.91 Å². The number of rotatable bonds is 2. The summed E-state index contributed by atoms with van der Waals surface area (Å²) in [4.78, 5) is 42.6. The standard InChI is InChI=1S/C19H25N3O5/c1-18(2,3)27-16(24)13-5-6-14(20-9-13)22-8-4-7-19(11-22)12-26-10-15(23)21-17(19)25/h5-6,9H,4,7-8,10-12H2,1-3H3,(H,21,23,25). The van der Waals surface area contributed by atoms with Crippen LogP contribution in [0, 0.1) is 5.41 Å². The maximum absolute atomic E-state index is 12.5. The summed E-state index contributed by atoms with van der Waals surface area (Å²) in [7, 11) is 0. The van der Waals surface area contributed by atoms with Gasteiger partial charge in [-0.2, -0.15) is 0 Å². The van der Waals surface area contributed by atoms with Gasteiger partial charge in [0.15, 0.2) is 0 Å². The van der Waals surface area contributed by atoms with Gasteiger partial charge in [-0.3, -0.25) is 14.9 Å². The molecule has 1 aromatic heterocycles. The van der Waals surface area contributed by atoms with Gasteiger partial charge in [-0.25, -0.2) is 9.78 Å². The lowest BCUT2D eigenvalue weighted by atomic mass is 9.79. The molecule has 146 valence electrons. The number of imide groups is 1. The number of nitrogens with zero attached hydrogens (tertiary/aromatic N) is 2. The van der Waals surface area contributed by atoms with Crippen LogP contribution in [0.1, 0.15) is 44.0 Å². The van der Waals surface area contributed by atoms with Crippen molar-refractivity contribution in [2.45, 2.75) is 39.2 Å². The summed E-state index contributed by atoms with van der Waals surface area (Å²) in [5, 5.41) is 2.41. The summed E-state index contributed by atoms with van der Waals surface area (Å²) in [6.07, 6.45) is 2.91. The molecule has 2 aliphatic rings. The number of esters is 1. The van der Waals surface area contributed by atoms with Crippen LogP contribution in [0.3, 0.4) is 0 Å². The minimum absolute atomic E-state index is 0.101. The molecule has 2 fully saturated rings. The Kier molecular flexibility index (Phi) is 5.19. The maximum Gasteiger partial charge on any atom is 0.340 e. The van der Waals surface area contributed by atoms with Crippen molar-refractivity contribution in [1.29, 1.82) is 0 Å². The van der Waals surface area contributed by atoms with E-state index < -0.39 is 22.9 Å². The Morgan fingerprint density at radius 3 is 2.78 bits per heavy atom. The fraction of sp³-hybridized carbons (Fsp3) is 0.579. The summed E-state index contributed by atoms with van der Waals surface area (Å²) in [6.45, 7) is 6.68. The first kappa shape index (κ1) is 19.3. The van der Waals surface area contributed by atoms with Crippen LogP contribution >= 0.6 is 0 Å². The minimum atomic E-state index is -0.768. The van der Waals surface area contributed by atoms with Crippen molar-refractivity contribution < 1.29 is 23.9 Å². The Bertz CT molecular complexity index is 741. The van der Waals surface area contributed by atoms with Gasteiger partial charge in [0, 0.05) is 19.3 Å². The van der Waals surface area contributed by atoms with Gasteiger partial charge >= 0.3 is 5.97 Å². The molecular formula is C19H25N3O5. The first-order valence-electron chi connectivity index (χ1n) is 9.05. The van der Waals surface area contributed by atoms with E-state index in [9.17, 15) is 14.4 Å². The molecule has 8 nitrogen and oxygen atoms in total. The van der Waals surface area contributed by atoms with E-state index >= 15 is 0 Å². The Balaban J connectivity index is 1.74. The number of piperidine rings is 1. The molecule has 2 amide bonds. The molecule has 2 saturated heterocycles. The van der Waals surface area contributed by atoms with E-state index in [1.165, 1.54) is 6.20 Å². The summed E-state index contributed by atoms with van der Waals surface area (Å²) in [5.41, 5.74) is -0.962. The van der Waals surface area contributed by atoms with Crippen molar-refractivity contribution in [3.63, 3.8) is 0 Å². The molecule has 2 aliphatic heterocycles. The van der Waals surface area contributed by atoms with Crippen molar-refractivity contribution in [2.75, 3.05) is 31.2 Å². The van der Waals surface area contributed by atoms with Crippen LogP contribution in [-0.2, 0) is 19.1 Å². The highest BCUT2D eigenvalue weighted by atomic mass is 16.6. The van der Waals surface area contributed by atoms with Crippen LogP contribution in [0.2, 0.25) is 0 Å². The van der Waals surface area contributed by atoms with E-state index in [0.717, 1.165) is 13.0 Å². The van der Waals surface area contributed by atoms with Crippen molar-refractivity contribution in [1.82, 2.24) is 10.3 Å². The highest BCUT2D eigenvalue weighted by molar-refractivity contribution is 5.99. The Labute approximate surface area is 158 Å². The molecule has 3 heterocycles. The van der Waals surface area contributed by atoms with Crippen LogP contribution in [0.25, 0.3) is 0 Å². The summed E-state index contributed by atoms with van der Waals surface area (Å²) in [6, 6.07) is 3.42. The Morgan fingerprint density at radius 1 is 1.33 bits per heavy atom. The third-order valence-corrected chi connectivity index (χ3v) is 4.63. The van der Waals surface area contributed by atoms with Gasteiger partial charge in [-0.15, -0.1) is 0 Å². The average molecular weight is 375 g/mol. The van der Waals surface area contributed by atoms with E-state index in [0.29, 0.717) is 24.3 Å². The first-order chi connectivity index (χ1) is 12.7. The quantitative estimate of drug-likeness (QED) is 0.614. The highest BCUT2D eigenvalue weighted by Gasteiger charge is 2.45. The van der Waals surface area contributed by atoms with Crippen LogP contribution < -0.4 is 10.2 Å². The van der Waals surface area contributed by atoms with E-state index in [1.807, 2.05) is 25.7 Å². The predicted octanol–water partition coefficient (Wildman–Crippen LogP) is 1.30. The largest absolute Gasteiger partial charge is 0.456 e. The number of aromatic nitrogens is 1. The Morgan fingerprint density at radius 2 is 2.11 bits per heavy atom.